The molecule has 1 aromatic carbocycles. The largest absolute Gasteiger partial charge is 0.350 e. The van der Waals surface area contributed by atoms with Gasteiger partial charge in [-0.2, -0.15) is 5.10 Å². The molecule has 2 rings (SSSR count). The minimum absolute atomic E-state index is 0.0551. The van der Waals surface area contributed by atoms with Crippen molar-refractivity contribution in [3.8, 4) is 0 Å². The first kappa shape index (κ1) is 20.6. The number of hydrogen-bond acceptors (Lipinski definition) is 4. The van der Waals surface area contributed by atoms with Crippen LogP contribution in [0.5, 0.6) is 0 Å². The molecule has 0 bridgehead atoms. The summed E-state index contributed by atoms with van der Waals surface area (Å²) in [5, 5.41) is 9.93. The number of carbonyl (C=O) groups is 2. The van der Waals surface area contributed by atoms with Crippen LogP contribution < -0.4 is 16.2 Å². The third kappa shape index (κ3) is 5.65. The summed E-state index contributed by atoms with van der Waals surface area (Å²) in [4.78, 5) is 36.8. The van der Waals surface area contributed by atoms with E-state index < -0.39 is 5.91 Å². The lowest BCUT2D eigenvalue weighted by Crippen LogP contribution is -2.31. The van der Waals surface area contributed by atoms with Gasteiger partial charge in [-0.25, -0.2) is 4.68 Å². The van der Waals surface area contributed by atoms with Crippen molar-refractivity contribution in [3.05, 3.63) is 57.0 Å². The molecule has 0 unspecified atom stereocenters. The summed E-state index contributed by atoms with van der Waals surface area (Å²) < 4.78 is 1.27. The van der Waals surface area contributed by atoms with E-state index in [4.69, 9.17) is 11.6 Å². The van der Waals surface area contributed by atoms with Crippen molar-refractivity contribution in [2.75, 3.05) is 5.32 Å². The van der Waals surface area contributed by atoms with E-state index in [0.717, 1.165) is 12.8 Å². The number of rotatable bonds is 7. The predicted molar refractivity (Wildman–Crippen MR) is 105 cm³/mol. The predicted octanol–water partition coefficient (Wildman–Crippen LogP) is 3.09. The molecule has 2 aromatic rings. The Kier molecular flexibility index (Phi) is 7.12. The van der Waals surface area contributed by atoms with Crippen molar-refractivity contribution in [2.45, 2.75) is 46.2 Å². The summed E-state index contributed by atoms with van der Waals surface area (Å²) in [7, 11) is 0. The molecule has 1 aromatic heterocycles. The number of aryl methyl sites for hydroxylation is 1. The van der Waals surface area contributed by atoms with Gasteiger partial charge in [-0.15, -0.1) is 0 Å². The summed E-state index contributed by atoms with van der Waals surface area (Å²) in [5.41, 5.74) is 0.389. The number of nitrogens with one attached hydrogen (secondary N) is 2. The Hall–Kier alpha value is -2.67. The second-order valence-electron chi connectivity index (χ2n) is 6.41. The van der Waals surface area contributed by atoms with Crippen LogP contribution in [-0.2, 0) is 6.54 Å². The Morgan fingerprint density at radius 3 is 2.59 bits per heavy atom. The number of carbonyl (C=O) groups excluding carboxylic acids is 2. The molecule has 0 saturated heterocycles. The maximum atomic E-state index is 12.6. The van der Waals surface area contributed by atoms with E-state index in [1.165, 1.54) is 22.9 Å². The molecule has 0 aliphatic rings. The van der Waals surface area contributed by atoms with Crippen molar-refractivity contribution in [2.24, 2.45) is 0 Å². The molecule has 1 heterocycles. The third-order valence-electron chi connectivity index (χ3n) is 3.72. The molecule has 0 fully saturated rings. The first-order chi connectivity index (χ1) is 12.8. The molecule has 0 atom stereocenters. The molecule has 2 N–H and O–H groups in total. The summed E-state index contributed by atoms with van der Waals surface area (Å²) >= 11 is 6.02. The summed E-state index contributed by atoms with van der Waals surface area (Å²) in [5.74, 6) is -0.848. The Morgan fingerprint density at radius 1 is 1.19 bits per heavy atom. The van der Waals surface area contributed by atoms with Gasteiger partial charge in [-0.1, -0.05) is 24.9 Å². The molecule has 27 heavy (non-hydrogen) atoms. The lowest BCUT2D eigenvalue weighted by molar-refractivity contribution is 0.0944. The molecular weight excluding hydrogens is 368 g/mol. The topological polar surface area (TPSA) is 93.1 Å². The minimum Gasteiger partial charge on any atom is -0.350 e. The number of unbranched alkanes of at least 4 members (excludes halogenated alkanes) is 1. The van der Waals surface area contributed by atoms with Crippen molar-refractivity contribution in [1.29, 1.82) is 0 Å². The fourth-order valence-electron chi connectivity index (χ4n) is 2.38. The van der Waals surface area contributed by atoms with Crippen LogP contribution in [0.2, 0.25) is 5.02 Å². The molecule has 0 aliphatic heterocycles. The average Bonchev–Trinajstić information content (AvgIpc) is 2.60. The first-order valence-electron chi connectivity index (χ1n) is 8.81. The van der Waals surface area contributed by atoms with Crippen LogP contribution in [0.3, 0.4) is 0 Å². The summed E-state index contributed by atoms with van der Waals surface area (Å²) in [6.45, 7) is 6.13. The molecule has 0 saturated carbocycles. The Labute approximate surface area is 162 Å². The van der Waals surface area contributed by atoms with E-state index in [1.54, 1.807) is 12.1 Å². The molecule has 0 spiro atoms. The van der Waals surface area contributed by atoms with Crippen LogP contribution >= 0.6 is 11.6 Å². The zero-order chi connectivity index (χ0) is 20.0. The maximum Gasteiger partial charge on any atom is 0.276 e. The lowest BCUT2D eigenvalue weighted by atomic mass is 10.1. The number of hydrogen-bond donors (Lipinski definition) is 2. The Bertz CT molecular complexity index is 893. The molecule has 8 heteroatoms. The van der Waals surface area contributed by atoms with Gasteiger partial charge in [0.2, 0.25) is 0 Å². The maximum absolute atomic E-state index is 12.6. The SMILES string of the molecule is CCCCn1nc(C(=O)Nc2cc(Cl)ccc2C(=O)NC(C)C)ccc1=O. The van der Waals surface area contributed by atoms with Gasteiger partial charge in [0.1, 0.15) is 5.69 Å². The van der Waals surface area contributed by atoms with Crippen molar-refractivity contribution in [1.82, 2.24) is 15.1 Å². The highest BCUT2D eigenvalue weighted by Crippen LogP contribution is 2.22. The van der Waals surface area contributed by atoms with Gasteiger partial charge in [0, 0.05) is 23.7 Å². The standard InChI is InChI=1S/C19H23ClN4O3/c1-4-5-10-24-17(25)9-8-15(23-24)19(27)22-16-11-13(20)6-7-14(16)18(26)21-12(2)3/h6-9,11-12H,4-5,10H2,1-3H3,(H,21,26)(H,22,27). The second kappa shape index (κ2) is 9.32. The van der Waals surface area contributed by atoms with Gasteiger partial charge in [0.25, 0.3) is 17.4 Å². The second-order valence-corrected chi connectivity index (χ2v) is 6.84. The van der Waals surface area contributed by atoms with Crippen LogP contribution in [0.1, 0.15) is 54.5 Å². The smallest absolute Gasteiger partial charge is 0.276 e. The van der Waals surface area contributed by atoms with Gasteiger partial charge in [0.05, 0.1) is 11.3 Å². The number of aromatic nitrogens is 2. The molecule has 2 amide bonds. The highest BCUT2D eigenvalue weighted by molar-refractivity contribution is 6.31. The average molecular weight is 391 g/mol. The molecule has 7 nitrogen and oxygen atoms in total. The highest BCUT2D eigenvalue weighted by atomic mass is 35.5. The number of anilines is 1. The van der Waals surface area contributed by atoms with Gasteiger partial charge < -0.3 is 10.6 Å². The molecule has 144 valence electrons. The summed E-state index contributed by atoms with van der Waals surface area (Å²) in [6.07, 6.45) is 1.69. The zero-order valence-corrected chi connectivity index (χ0v) is 16.3. The molecule has 0 radical (unpaired) electrons. The van der Waals surface area contributed by atoms with Crippen LogP contribution in [0.25, 0.3) is 0 Å². The van der Waals surface area contributed by atoms with Gasteiger partial charge in [-0.3, -0.25) is 14.4 Å². The number of benzene rings is 1. The van der Waals surface area contributed by atoms with E-state index >= 15 is 0 Å². The lowest BCUT2D eigenvalue weighted by Gasteiger charge is -2.14. The van der Waals surface area contributed by atoms with Crippen molar-refractivity contribution in [3.63, 3.8) is 0 Å². The summed E-state index contributed by atoms with van der Waals surface area (Å²) in [6, 6.07) is 7.24. The quantitative estimate of drug-likeness (QED) is 0.759. The van der Waals surface area contributed by atoms with Crippen molar-refractivity contribution < 1.29 is 9.59 Å². The van der Waals surface area contributed by atoms with Gasteiger partial charge in [-0.05, 0) is 44.5 Å². The van der Waals surface area contributed by atoms with Crippen LogP contribution in [0.15, 0.2) is 35.1 Å². The first-order valence-corrected chi connectivity index (χ1v) is 9.19. The molecule has 0 aliphatic carbocycles. The minimum atomic E-state index is -0.527. The third-order valence-corrected chi connectivity index (χ3v) is 3.95. The van der Waals surface area contributed by atoms with Gasteiger partial charge in [0.15, 0.2) is 0 Å². The monoisotopic (exact) mass is 390 g/mol. The van der Waals surface area contributed by atoms with E-state index in [2.05, 4.69) is 15.7 Å². The van der Waals surface area contributed by atoms with E-state index in [1.807, 2.05) is 20.8 Å². The van der Waals surface area contributed by atoms with E-state index in [9.17, 15) is 14.4 Å². The van der Waals surface area contributed by atoms with Gasteiger partial charge >= 0.3 is 0 Å². The fourth-order valence-corrected chi connectivity index (χ4v) is 2.55. The van der Waals surface area contributed by atoms with Crippen LogP contribution in [-0.4, -0.2) is 27.6 Å². The number of amides is 2. The van der Waals surface area contributed by atoms with E-state index in [0.29, 0.717) is 17.1 Å². The number of nitrogens with zero attached hydrogens (tertiary/aromatic N) is 2. The van der Waals surface area contributed by atoms with E-state index in [-0.39, 0.29) is 28.9 Å². The van der Waals surface area contributed by atoms with Crippen LogP contribution in [0, 0.1) is 0 Å². The highest BCUT2D eigenvalue weighted by Gasteiger charge is 2.17. The van der Waals surface area contributed by atoms with Crippen LogP contribution in [0.4, 0.5) is 5.69 Å². The fraction of sp³-hybridized carbons (Fsp3) is 0.368. The normalized spacial score (nSPS) is 10.7. The Balaban J connectivity index is 2.29. The zero-order valence-electron chi connectivity index (χ0n) is 15.6. The Morgan fingerprint density at radius 2 is 1.93 bits per heavy atom. The van der Waals surface area contributed by atoms with Crippen molar-refractivity contribution >= 4 is 29.1 Å². The number of halogens is 1. The molecular formula is C19H23ClN4O3.